The van der Waals surface area contributed by atoms with Crippen LogP contribution in [0.25, 0.3) is 0 Å². The molecule has 0 aromatic heterocycles. The Morgan fingerprint density at radius 1 is 1.00 bits per heavy atom. The standard InChI is InChI=1S/C12H22O4/c1-3-11(13)6-4-8-16-9-5-7-12(14)10-15-2/h3-10H2,1-2H3. The van der Waals surface area contributed by atoms with Gasteiger partial charge in [-0.3, -0.25) is 9.59 Å². The van der Waals surface area contributed by atoms with Crippen LogP contribution in [0.3, 0.4) is 0 Å². The van der Waals surface area contributed by atoms with Crippen molar-refractivity contribution in [1.82, 2.24) is 0 Å². The summed E-state index contributed by atoms with van der Waals surface area (Å²) in [5.41, 5.74) is 0. The Balaban J connectivity index is 3.15. The minimum absolute atomic E-state index is 0.104. The second-order valence-electron chi connectivity index (χ2n) is 3.68. The Kier molecular flexibility index (Phi) is 10.3. The molecule has 0 saturated carbocycles. The zero-order valence-electron chi connectivity index (χ0n) is 10.3. The smallest absolute Gasteiger partial charge is 0.158 e. The summed E-state index contributed by atoms with van der Waals surface area (Å²) in [6.45, 7) is 3.23. The first-order valence-electron chi connectivity index (χ1n) is 5.80. The third-order valence-corrected chi connectivity index (χ3v) is 2.19. The maximum absolute atomic E-state index is 11.0. The van der Waals surface area contributed by atoms with E-state index in [9.17, 15) is 9.59 Å². The van der Waals surface area contributed by atoms with Crippen molar-refractivity contribution in [3.8, 4) is 0 Å². The molecule has 0 fully saturated rings. The van der Waals surface area contributed by atoms with Gasteiger partial charge < -0.3 is 9.47 Å². The molecule has 0 radical (unpaired) electrons. The number of carbonyl (C=O) groups excluding carboxylic acids is 2. The number of hydrogen-bond donors (Lipinski definition) is 0. The third kappa shape index (κ3) is 9.80. The summed E-state index contributed by atoms with van der Waals surface area (Å²) in [4.78, 5) is 22.0. The monoisotopic (exact) mass is 230 g/mol. The summed E-state index contributed by atoms with van der Waals surface area (Å²) in [7, 11) is 1.51. The van der Waals surface area contributed by atoms with Gasteiger partial charge in [0.2, 0.25) is 0 Å². The van der Waals surface area contributed by atoms with Crippen LogP contribution in [0, 0.1) is 0 Å². The fourth-order valence-electron chi connectivity index (χ4n) is 1.25. The molecule has 0 rings (SSSR count). The lowest BCUT2D eigenvalue weighted by atomic mass is 10.2. The average molecular weight is 230 g/mol. The molecule has 0 aliphatic carbocycles. The molecule has 0 aliphatic heterocycles. The number of methoxy groups -OCH3 is 1. The van der Waals surface area contributed by atoms with E-state index in [2.05, 4.69) is 0 Å². The van der Waals surface area contributed by atoms with Crippen molar-refractivity contribution in [2.24, 2.45) is 0 Å². The van der Waals surface area contributed by atoms with Gasteiger partial charge in [0.15, 0.2) is 5.78 Å². The van der Waals surface area contributed by atoms with Crippen molar-refractivity contribution in [3.05, 3.63) is 0 Å². The van der Waals surface area contributed by atoms with E-state index in [1.165, 1.54) is 7.11 Å². The van der Waals surface area contributed by atoms with E-state index in [0.717, 1.165) is 12.8 Å². The van der Waals surface area contributed by atoms with Crippen LogP contribution in [0.15, 0.2) is 0 Å². The van der Waals surface area contributed by atoms with Gasteiger partial charge in [0.1, 0.15) is 12.4 Å². The molecule has 0 aliphatic rings. The second-order valence-corrected chi connectivity index (χ2v) is 3.68. The predicted molar refractivity (Wildman–Crippen MR) is 61.5 cm³/mol. The molecule has 4 heteroatoms. The van der Waals surface area contributed by atoms with Crippen molar-refractivity contribution in [1.29, 1.82) is 0 Å². The van der Waals surface area contributed by atoms with Crippen molar-refractivity contribution >= 4 is 11.6 Å². The first-order chi connectivity index (χ1) is 7.70. The zero-order chi connectivity index (χ0) is 12.2. The van der Waals surface area contributed by atoms with Crippen LogP contribution in [0.4, 0.5) is 0 Å². The van der Waals surface area contributed by atoms with Crippen molar-refractivity contribution in [2.45, 2.75) is 39.0 Å². The lowest BCUT2D eigenvalue weighted by Gasteiger charge is -2.03. The molecular weight excluding hydrogens is 208 g/mol. The lowest BCUT2D eigenvalue weighted by molar-refractivity contribution is -0.123. The fourth-order valence-corrected chi connectivity index (χ4v) is 1.25. The predicted octanol–water partition coefficient (Wildman–Crippen LogP) is 1.76. The van der Waals surface area contributed by atoms with E-state index >= 15 is 0 Å². The molecule has 16 heavy (non-hydrogen) atoms. The number of ketones is 2. The third-order valence-electron chi connectivity index (χ3n) is 2.19. The molecule has 0 N–H and O–H groups in total. The van der Waals surface area contributed by atoms with Crippen LogP contribution in [-0.4, -0.2) is 38.5 Å². The molecule has 0 saturated heterocycles. The SMILES string of the molecule is CCC(=O)CCCOCCCC(=O)COC. The molecule has 0 unspecified atom stereocenters. The van der Waals surface area contributed by atoms with Gasteiger partial charge in [-0.2, -0.15) is 0 Å². The maximum atomic E-state index is 11.0. The van der Waals surface area contributed by atoms with Gasteiger partial charge in [0, 0.05) is 39.6 Å². The largest absolute Gasteiger partial charge is 0.381 e. The summed E-state index contributed by atoms with van der Waals surface area (Å²) in [5, 5.41) is 0. The Morgan fingerprint density at radius 2 is 1.56 bits per heavy atom. The van der Waals surface area contributed by atoms with Gasteiger partial charge in [-0.25, -0.2) is 0 Å². The van der Waals surface area contributed by atoms with Crippen LogP contribution < -0.4 is 0 Å². The molecule has 0 heterocycles. The average Bonchev–Trinajstić information content (AvgIpc) is 2.27. The van der Waals surface area contributed by atoms with E-state index in [1.54, 1.807) is 0 Å². The van der Waals surface area contributed by atoms with Crippen molar-refractivity contribution in [2.75, 3.05) is 26.9 Å². The normalized spacial score (nSPS) is 10.4. The van der Waals surface area contributed by atoms with E-state index in [-0.39, 0.29) is 18.2 Å². The van der Waals surface area contributed by atoms with Crippen LogP contribution in [0.1, 0.15) is 39.0 Å². The molecule has 0 bridgehead atoms. The van der Waals surface area contributed by atoms with E-state index in [4.69, 9.17) is 9.47 Å². The molecule has 0 amide bonds. The second kappa shape index (κ2) is 10.8. The fraction of sp³-hybridized carbons (Fsp3) is 0.833. The van der Waals surface area contributed by atoms with Gasteiger partial charge in [-0.1, -0.05) is 6.92 Å². The summed E-state index contributed by atoms with van der Waals surface area (Å²) >= 11 is 0. The van der Waals surface area contributed by atoms with Gasteiger partial charge in [-0.05, 0) is 12.8 Å². The number of rotatable bonds is 11. The Morgan fingerprint density at radius 3 is 2.06 bits per heavy atom. The topological polar surface area (TPSA) is 52.6 Å². The molecular formula is C12H22O4. The Hall–Kier alpha value is -0.740. The lowest BCUT2D eigenvalue weighted by Crippen LogP contribution is -2.08. The number of carbonyl (C=O) groups is 2. The molecule has 0 aromatic rings. The van der Waals surface area contributed by atoms with Crippen LogP contribution in [0.2, 0.25) is 0 Å². The number of hydrogen-bond acceptors (Lipinski definition) is 4. The molecule has 0 atom stereocenters. The quantitative estimate of drug-likeness (QED) is 0.507. The first kappa shape index (κ1) is 15.3. The van der Waals surface area contributed by atoms with Crippen molar-refractivity contribution in [3.63, 3.8) is 0 Å². The highest BCUT2D eigenvalue weighted by molar-refractivity contribution is 5.79. The highest BCUT2D eigenvalue weighted by Gasteiger charge is 2.01. The minimum atomic E-state index is 0.104. The summed E-state index contributed by atoms with van der Waals surface area (Å²) < 4.78 is 10.0. The molecule has 4 nitrogen and oxygen atoms in total. The van der Waals surface area contributed by atoms with Crippen LogP contribution in [-0.2, 0) is 19.1 Å². The summed E-state index contributed by atoms with van der Waals surface area (Å²) in [5.74, 6) is 0.381. The maximum Gasteiger partial charge on any atom is 0.158 e. The minimum Gasteiger partial charge on any atom is -0.381 e. The van der Waals surface area contributed by atoms with E-state index in [1.807, 2.05) is 6.92 Å². The number of Topliss-reactive ketones (excluding diaryl/α,β-unsaturated/α-hetero) is 2. The zero-order valence-corrected chi connectivity index (χ0v) is 10.3. The van der Waals surface area contributed by atoms with Crippen LogP contribution >= 0.6 is 0 Å². The summed E-state index contributed by atoms with van der Waals surface area (Å²) in [6.07, 6.45) is 3.20. The molecule has 0 aromatic carbocycles. The van der Waals surface area contributed by atoms with Crippen molar-refractivity contribution < 1.29 is 19.1 Å². The van der Waals surface area contributed by atoms with E-state index in [0.29, 0.717) is 32.5 Å². The van der Waals surface area contributed by atoms with Crippen LogP contribution in [0.5, 0.6) is 0 Å². The van der Waals surface area contributed by atoms with Gasteiger partial charge >= 0.3 is 0 Å². The Bertz CT molecular complexity index is 201. The number of ether oxygens (including phenoxy) is 2. The van der Waals surface area contributed by atoms with Gasteiger partial charge in [0.25, 0.3) is 0 Å². The highest BCUT2D eigenvalue weighted by Crippen LogP contribution is 1.97. The van der Waals surface area contributed by atoms with E-state index < -0.39 is 0 Å². The Labute approximate surface area is 97.3 Å². The molecule has 0 spiro atoms. The van der Waals surface area contributed by atoms with Gasteiger partial charge in [0.05, 0.1) is 0 Å². The van der Waals surface area contributed by atoms with Gasteiger partial charge in [-0.15, -0.1) is 0 Å². The first-order valence-corrected chi connectivity index (χ1v) is 5.80. The summed E-state index contributed by atoms with van der Waals surface area (Å²) in [6, 6.07) is 0. The molecule has 94 valence electrons. The highest BCUT2D eigenvalue weighted by atomic mass is 16.5.